The zero-order chi connectivity index (χ0) is 17.3. The van der Waals surface area contributed by atoms with Crippen molar-refractivity contribution in [3.8, 4) is 23.0 Å². The van der Waals surface area contributed by atoms with Gasteiger partial charge in [-0.1, -0.05) is 12.1 Å². The van der Waals surface area contributed by atoms with Gasteiger partial charge in [0.25, 0.3) is 0 Å². The maximum Gasteiger partial charge on any atom is 0.337 e. The van der Waals surface area contributed by atoms with Gasteiger partial charge in [0, 0.05) is 23.2 Å². The van der Waals surface area contributed by atoms with Gasteiger partial charge in [-0.2, -0.15) is 0 Å². The fraction of sp³-hybridized carbons (Fsp3) is 0.211. The van der Waals surface area contributed by atoms with Gasteiger partial charge in [-0.3, -0.25) is 0 Å². The van der Waals surface area contributed by atoms with Crippen LogP contribution in [-0.4, -0.2) is 26.2 Å². The van der Waals surface area contributed by atoms with Gasteiger partial charge in [-0.05, 0) is 17.7 Å². The zero-order valence-electron chi connectivity index (χ0n) is 13.5. The molecular weight excluding hydrogens is 338 g/mol. The highest BCUT2D eigenvalue weighted by atomic mass is 16.7. The van der Waals surface area contributed by atoms with E-state index in [9.17, 15) is 4.79 Å². The largest absolute Gasteiger partial charge is 0.456 e. The maximum absolute atomic E-state index is 12.5. The van der Waals surface area contributed by atoms with E-state index in [-0.39, 0.29) is 32.1 Å². The predicted molar refractivity (Wildman–Crippen MR) is 88.6 cm³/mol. The summed E-state index contributed by atoms with van der Waals surface area (Å²) < 4.78 is 27.5. The first kappa shape index (κ1) is 13.9. The number of fused-ring (bicyclic) bond motifs is 3. The number of rotatable bonds is 1. The predicted octanol–water partition coefficient (Wildman–Crippen LogP) is 2.51. The SMILES string of the molecule is O=C1OCC2=C1C(c1cccc3c1OCO3)c1cc3c(cc1N2)OCO3. The van der Waals surface area contributed by atoms with Crippen molar-refractivity contribution < 1.29 is 28.5 Å². The summed E-state index contributed by atoms with van der Waals surface area (Å²) in [6.07, 6.45) is 0. The third kappa shape index (κ3) is 1.74. The van der Waals surface area contributed by atoms with Crippen LogP contribution in [0.2, 0.25) is 0 Å². The van der Waals surface area contributed by atoms with E-state index < -0.39 is 0 Å². The number of carbonyl (C=O) groups is 1. The van der Waals surface area contributed by atoms with E-state index in [1.807, 2.05) is 30.3 Å². The van der Waals surface area contributed by atoms with E-state index in [4.69, 9.17) is 23.7 Å². The molecule has 0 radical (unpaired) electrons. The quantitative estimate of drug-likeness (QED) is 0.791. The summed E-state index contributed by atoms with van der Waals surface area (Å²) in [5, 5.41) is 3.31. The van der Waals surface area contributed by atoms with Crippen LogP contribution in [0.15, 0.2) is 41.6 Å². The number of esters is 1. The van der Waals surface area contributed by atoms with Crippen molar-refractivity contribution in [1.29, 1.82) is 0 Å². The van der Waals surface area contributed by atoms with Gasteiger partial charge in [0.2, 0.25) is 13.6 Å². The number of para-hydroxylation sites is 1. The first-order chi connectivity index (χ1) is 12.8. The molecule has 0 bridgehead atoms. The van der Waals surface area contributed by atoms with Gasteiger partial charge in [0.1, 0.15) is 6.61 Å². The molecule has 1 atom stereocenters. The Labute approximate surface area is 148 Å². The Morgan fingerprint density at radius 1 is 0.885 bits per heavy atom. The van der Waals surface area contributed by atoms with Crippen LogP contribution in [0.25, 0.3) is 0 Å². The summed E-state index contributed by atoms with van der Waals surface area (Å²) in [6, 6.07) is 9.53. The highest BCUT2D eigenvalue weighted by Crippen LogP contribution is 2.52. The van der Waals surface area contributed by atoms with Crippen LogP contribution in [0, 0.1) is 0 Å². The number of benzene rings is 2. The van der Waals surface area contributed by atoms with Crippen LogP contribution >= 0.6 is 0 Å². The maximum atomic E-state index is 12.5. The molecule has 7 nitrogen and oxygen atoms in total. The van der Waals surface area contributed by atoms with Crippen molar-refractivity contribution in [2.24, 2.45) is 0 Å². The molecule has 130 valence electrons. The molecular formula is C19H13NO6. The Morgan fingerprint density at radius 3 is 2.62 bits per heavy atom. The van der Waals surface area contributed by atoms with Crippen LogP contribution in [0.1, 0.15) is 17.0 Å². The second-order valence-corrected chi connectivity index (χ2v) is 6.40. The van der Waals surface area contributed by atoms with Crippen molar-refractivity contribution in [3.63, 3.8) is 0 Å². The van der Waals surface area contributed by atoms with Gasteiger partial charge in [0.05, 0.1) is 11.3 Å². The molecule has 0 saturated heterocycles. The van der Waals surface area contributed by atoms with E-state index in [1.54, 1.807) is 0 Å². The Morgan fingerprint density at radius 2 is 1.69 bits per heavy atom. The minimum Gasteiger partial charge on any atom is -0.456 e. The zero-order valence-corrected chi connectivity index (χ0v) is 13.5. The molecule has 1 unspecified atom stereocenters. The summed E-state index contributed by atoms with van der Waals surface area (Å²) in [7, 11) is 0. The van der Waals surface area contributed by atoms with Crippen molar-refractivity contribution in [2.45, 2.75) is 5.92 Å². The normalized spacial score (nSPS) is 21.2. The molecule has 0 fully saturated rings. The molecule has 6 rings (SSSR count). The molecule has 4 heterocycles. The van der Waals surface area contributed by atoms with Crippen LogP contribution in [-0.2, 0) is 9.53 Å². The molecule has 1 N–H and O–H groups in total. The van der Waals surface area contributed by atoms with E-state index in [0.717, 1.165) is 22.5 Å². The third-order valence-corrected chi connectivity index (χ3v) is 5.06. The lowest BCUT2D eigenvalue weighted by atomic mass is 9.80. The first-order valence-electron chi connectivity index (χ1n) is 8.29. The molecule has 4 aliphatic heterocycles. The number of carbonyl (C=O) groups excluding carboxylic acids is 1. The highest BCUT2D eigenvalue weighted by molar-refractivity contribution is 5.97. The number of hydrogen-bond donors (Lipinski definition) is 1. The summed E-state index contributed by atoms with van der Waals surface area (Å²) in [4.78, 5) is 12.5. The lowest BCUT2D eigenvalue weighted by Crippen LogP contribution is -2.20. The summed E-state index contributed by atoms with van der Waals surface area (Å²) >= 11 is 0. The molecule has 26 heavy (non-hydrogen) atoms. The Hall–Kier alpha value is -3.35. The van der Waals surface area contributed by atoms with E-state index in [1.165, 1.54) is 0 Å². The van der Waals surface area contributed by atoms with E-state index in [0.29, 0.717) is 28.6 Å². The van der Waals surface area contributed by atoms with Gasteiger partial charge in [-0.25, -0.2) is 4.79 Å². The highest BCUT2D eigenvalue weighted by Gasteiger charge is 2.41. The van der Waals surface area contributed by atoms with Crippen LogP contribution < -0.4 is 24.3 Å². The molecule has 0 aromatic heterocycles. The molecule has 0 aliphatic carbocycles. The van der Waals surface area contributed by atoms with Crippen LogP contribution in [0.5, 0.6) is 23.0 Å². The Balaban J connectivity index is 1.61. The summed E-state index contributed by atoms with van der Waals surface area (Å²) in [6.45, 7) is 0.586. The van der Waals surface area contributed by atoms with Crippen molar-refractivity contribution in [3.05, 3.63) is 52.7 Å². The van der Waals surface area contributed by atoms with Crippen molar-refractivity contribution >= 4 is 11.7 Å². The third-order valence-electron chi connectivity index (χ3n) is 5.06. The Kier molecular flexibility index (Phi) is 2.59. The minimum absolute atomic E-state index is 0.168. The molecule has 4 aliphatic rings. The van der Waals surface area contributed by atoms with Gasteiger partial charge < -0.3 is 29.0 Å². The lowest BCUT2D eigenvalue weighted by molar-refractivity contribution is -0.136. The summed E-state index contributed by atoms with van der Waals surface area (Å²) in [5.74, 6) is 2.03. The number of cyclic esters (lactones) is 1. The first-order valence-corrected chi connectivity index (χ1v) is 8.29. The second-order valence-electron chi connectivity index (χ2n) is 6.40. The van der Waals surface area contributed by atoms with Crippen molar-refractivity contribution in [1.82, 2.24) is 0 Å². The molecule has 2 aromatic carbocycles. The second kappa shape index (κ2) is 4.85. The van der Waals surface area contributed by atoms with Crippen LogP contribution in [0.3, 0.4) is 0 Å². The monoisotopic (exact) mass is 351 g/mol. The van der Waals surface area contributed by atoms with Gasteiger partial charge >= 0.3 is 5.97 Å². The molecule has 0 spiro atoms. The van der Waals surface area contributed by atoms with Gasteiger partial charge in [0.15, 0.2) is 23.0 Å². The van der Waals surface area contributed by atoms with E-state index in [2.05, 4.69) is 5.32 Å². The number of hydrogen-bond acceptors (Lipinski definition) is 7. The Bertz CT molecular complexity index is 1010. The fourth-order valence-corrected chi connectivity index (χ4v) is 3.94. The molecule has 7 heteroatoms. The van der Waals surface area contributed by atoms with Crippen molar-refractivity contribution in [2.75, 3.05) is 25.5 Å². The average Bonchev–Trinajstić information content (AvgIpc) is 3.37. The lowest BCUT2D eigenvalue weighted by Gasteiger charge is -2.28. The number of nitrogens with one attached hydrogen (secondary N) is 1. The van der Waals surface area contributed by atoms with E-state index >= 15 is 0 Å². The standard InChI is InChI=1S/C19H13NO6/c21-19-17-12(6-22-19)20-11-5-15-14(24-7-25-15)4-10(11)16(17)9-2-1-3-13-18(9)26-8-23-13/h1-5,16,20H,6-8H2. The van der Waals surface area contributed by atoms with Gasteiger partial charge in [-0.15, -0.1) is 0 Å². The fourth-order valence-electron chi connectivity index (χ4n) is 3.94. The summed E-state index contributed by atoms with van der Waals surface area (Å²) in [5.41, 5.74) is 4.01. The molecule has 0 saturated carbocycles. The molecule has 0 amide bonds. The van der Waals surface area contributed by atoms with Crippen LogP contribution in [0.4, 0.5) is 5.69 Å². The topological polar surface area (TPSA) is 75.3 Å². The minimum atomic E-state index is -0.331. The number of anilines is 1. The number of ether oxygens (including phenoxy) is 5. The average molecular weight is 351 g/mol. The molecule has 2 aromatic rings. The smallest absolute Gasteiger partial charge is 0.337 e.